The van der Waals surface area contributed by atoms with Crippen LogP contribution in [0.4, 0.5) is 19.1 Å². The minimum Gasteiger partial charge on any atom is -0.437 e. The molecule has 0 aliphatic rings. The number of amides is 1. The number of nitrogens with zero attached hydrogens (tertiary/aromatic N) is 4. The van der Waals surface area contributed by atoms with Crippen LogP contribution in [0.1, 0.15) is 17.0 Å². The quantitative estimate of drug-likeness (QED) is 0.539. The lowest BCUT2D eigenvalue weighted by atomic mass is 10.1. The van der Waals surface area contributed by atoms with E-state index < -0.39 is 17.9 Å². The number of aromatic nitrogens is 4. The number of halogens is 3. The van der Waals surface area contributed by atoms with Crippen LogP contribution >= 0.6 is 0 Å². The molecule has 0 saturated carbocycles. The maximum Gasteiger partial charge on any atom is 0.451 e. The summed E-state index contributed by atoms with van der Waals surface area (Å²) in [5, 5.41) is 11.2. The monoisotopic (exact) mass is 413 g/mol. The maximum absolute atomic E-state index is 12.6. The zero-order valence-corrected chi connectivity index (χ0v) is 15.6. The van der Waals surface area contributed by atoms with Crippen molar-refractivity contribution < 1.29 is 22.4 Å². The van der Waals surface area contributed by atoms with Crippen molar-refractivity contribution in [2.75, 3.05) is 5.32 Å². The first-order valence-electron chi connectivity index (χ1n) is 8.80. The molecule has 0 saturated heterocycles. The van der Waals surface area contributed by atoms with E-state index >= 15 is 0 Å². The number of benzene rings is 1. The van der Waals surface area contributed by atoms with Gasteiger partial charge in [-0.25, -0.2) is 9.97 Å². The summed E-state index contributed by atoms with van der Waals surface area (Å²) < 4.78 is 43.5. The number of anilines is 1. The van der Waals surface area contributed by atoms with Gasteiger partial charge in [0.2, 0.25) is 17.6 Å². The number of fused-ring (bicyclic) bond motifs is 1. The summed E-state index contributed by atoms with van der Waals surface area (Å²) in [5.41, 5.74) is 2.56. The third-order valence-electron chi connectivity index (χ3n) is 4.27. The Balaban J connectivity index is 1.58. The molecule has 152 valence electrons. The van der Waals surface area contributed by atoms with Gasteiger partial charge in [0.05, 0.1) is 18.0 Å². The first-order valence-corrected chi connectivity index (χ1v) is 8.80. The van der Waals surface area contributed by atoms with Gasteiger partial charge < -0.3 is 4.42 Å². The lowest BCUT2D eigenvalue weighted by Crippen LogP contribution is -2.16. The maximum atomic E-state index is 12.6. The summed E-state index contributed by atoms with van der Waals surface area (Å²) in [4.78, 5) is 18.9. The second-order valence-corrected chi connectivity index (χ2v) is 6.56. The van der Waals surface area contributed by atoms with Crippen LogP contribution in [0.2, 0.25) is 0 Å². The Morgan fingerprint density at radius 2 is 1.80 bits per heavy atom. The highest BCUT2D eigenvalue weighted by molar-refractivity contribution is 6.03. The van der Waals surface area contributed by atoms with Gasteiger partial charge in [0.15, 0.2) is 5.76 Å². The fraction of sp³-hybridized carbons (Fsp3) is 0.150. The Kier molecular flexibility index (Phi) is 4.90. The topological polar surface area (TPSA) is 93.8 Å². The minimum absolute atomic E-state index is 0.174. The fourth-order valence-electron chi connectivity index (χ4n) is 2.83. The van der Waals surface area contributed by atoms with Crippen molar-refractivity contribution in [3.05, 3.63) is 65.9 Å². The van der Waals surface area contributed by atoms with Crippen LogP contribution in [-0.2, 0) is 17.4 Å². The van der Waals surface area contributed by atoms with E-state index in [2.05, 4.69) is 25.5 Å². The molecule has 0 bridgehead atoms. The summed E-state index contributed by atoms with van der Waals surface area (Å²) in [7, 11) is 0. The average Bonchev–Trinajstić information content (AvgIpc) is 3.07. The summed E-state index contributed by atoms with van der Waals surface area (Å²) in [6.07, 6.45) is -1.45. The van der Waals surface area contributed by atoms with Crippen LogP contribution in [0, 0.1) is 6.92 Å². The van der Waals surface area contributed by atoms with E-state index in [9.17, 15) is 18.0 Å². The molecule has 0 spiro atoms. The Morgan fingerprint density at radius 1 is 1.10 bits per heavy atom. The van der Waals surface area contributed by atoms with Gasteiger partial charge in [0.25, 0.3) is 0 Å². The van der Waals surface area contributed by atoms with Crippen molar-refractivity contribution >= 4 is 22.7 Å². The molecule has 10 heteroatoms. The molecule has 0 aliphatic carbocycles. The van der Waals surface area contributed by atoms with Crippen LogP contribution in [0.25, 0.3) is 22.2 Å². The number of hydrogen-bond donors (Lipinski definition) is 1. The van der Waals surface area contributed by atoms with E-state index in [1.807, 2.05) is 31.2 Å². The van der Waals surface area contributed by atoms with Gasteiger partial charge in [-0.2, -0.15) is 18.3 Å². The predicted octanol–water partition coefficient (Wildman–Crippen LogP) is 4.19. The minimum atomic E-state index is -4.64. The molecule has 7 nitrogen and oxygen atoms in total. The highest BCUT2D eigenvalue weighted by Crippen LogP contribution is 2.35. The molecule has 0 aliphatic heterocycles. The first kappa shape index (κ1) is 19.5. The van der Waals surface area contributed by atoms with Crippen LogP contribution in [0.15, 0.2) is 53.3 Å². The average molecular weight is 413 g/mol. The van der Waals surface area contributed by atoms with Crippen molar-refractivity contribution in [3.63, 3.8) is 0 Å². The van der Waals surface area contributed by atoms with Gasteiger partial charge in [0, 0.05) is 18.0 Å². The van der Waals surface area contributed by atoms with Crippen LogP contribution in [0.3, 0.4) is 0 Å². The van der Waals surface area contributed by atoms with E-state index in [1.165, 1.54) is 6.20 Å². The number of hydrogen-bond acceptors (Lipinski definition) is 6. The lowest BCUT2D eigenvalue weighted by Gasteiger charge is -2.06. The first-order chi connectivity index (χ1) is 14.3. The zero-order chi connectivity index (χ0) is 21.3. The Morgan fingerprint density at radius 3 is 2.47 bits per heavy atom. The van der Waals surface area contributed by atoms with Gasteiger partial charge in [-0.3, -0.25) is 10.1 Å². The van der Waals surface area contributed by atoms with Crippen molar-refractivity contribution in [3.8, 4) is 11.3 Å². The van der Waals surface area contributed by atoms with Crippen LogP contribution in [-0.4, -0.2) is 26.1 Å². The van der Waals surface area contributed by atoms with E-state index in [4.69, 9.17) is 4.42 Å². The van der Waals surface area contributed by atoms with Gasteiger partial charge in [-0.1, -0.05) is 29.8 Å². The number of furan rings is 1. The number of aryl methyl sites for hydroxylation is 1. The van der Waals surface area contributed by atoms with Gasteiger partial charge in [0.1, 0.15) is 5.52 Å². The third-order valence-corrected chi connectivity index (χ3v) is 4.27. The molecule has 3 heterocycles. The lowest BCUT2D eigenvalue weighted by molar-refractivity contribution is -0.145. The standard InChI is InChI=1S/C20H14F3N5O2/c1-11-2-4-13(5-3-11)17-16-14(6-7-26-28-16)18(30-17)27-15(29)8-12-9-24-19(25-10-12)20(21,22)23/h2-7,9-10H,8H2,1H3,(H,27,29). The second kappa shape index (κ2) is 7.54. The molecule has 1 aromatic carbocycles. The molecule has 4 rings (SSSR count). The number of carbonyl (C=O) groups is 1. The number of nitrogens with one attached hydrogen (secondary N) is 1. The molecular formula is C20H14F3N5O2. The van der Waals surface area contributed by atoms with E-state index in [0.717, 1.165) is 23.5 Å². The molecule has 4 aromatic rings. The Labute approximate surface area is 168 Å². The van der Waals surface area contributed by atoms with E-state index in [-0.39, 0.29) is 17.9 Å². The molecule has 0 radical (unpaired) electrons. The van der Waals surface area contributed by atoms with E-state index in [0.29, 0.717) is 16.7 Å². The summed E-state index contributed by atoms with van der Waals surface area (Å²) >= 11 is 0. The SMILES string of the molecule is Cc1ccc(-c2oc(NC(=O)Cc3cnc(C(F)(F)F)nc3)c3ccnnc23)cc1. The summed E-state index contributed by atoms with van der Waals surface area (Å²) in [6.45, 7) is 1.96. The zero-order valence-electron chi connectivity index (χ0n) is 15.6. The summed E-state index contributed by atoms with van der Waals surface area (Å²) in [5.74, 6) is -1.13. The normalized spacial score (nSPS) is 11.6. The molecule has 0 atom stereocenters. The summed E-state index contributed by atoms with van der Waals surface area (Å²) in [6, 6.07) is 9.23. The van der Waals surface area contributed by atoms with E-state index in [1.54, 1.807) is 6.07 Å². The van der Waals surface area contributed by atoms with Gasteiger partial charge in [-0.15, -0.1) is 5.10 Å². The number of carbonyl (C=O) groups excluding carboxylic acids is 1. The smallest absolute Gasteiger partial charge is 0.437 e. The van der Waals surface area contributed by atoms with Crippen LogP contribution in [0.5, 0.6) is 0 Å². The molecule has 1 N–H and O–H groups in total. The second-order valence-electron chi connectivity index (χ2n) is 6.56. The van der Waals surface area contributed by atoms with Gasteiger partial charge >= 0.3 is 6.18 Å². The van der Waals surface area contributed by atoms with Crippen molar-refractivity contribution in [1.82, 2.24) is 20.2 Å². The molecule has 30 heavy (non-hydrogen) atoms. The highest BCUT2D eigenvalue weighted by atomic mass is 19.4. The number of alkyl halides is 3. The molecule has 1 amide bonds. The largest absolute Gasteiger partial charge is 0.451 e. The highest BCUT2D eigenvalue weighted by Gasteiger charge is 2.34. The van der Waals surface area contributed by atoms with Crippen LogP contribution < -0.4 is 5.32 Å². The predicted molar refractivity (Wildman–Crippen MR) is 101 cm³/mol. The Hall–Kier alpha value is -3.82. The van der Waals surface area contributed by atoms with Crippen molar-refractivity contribution in [2.45, 2.75) is 19.5 Å². The number of rotatable bonds is 4. The molecule has 0 unspecified atom stereocenters. The molecule has 0 fully saturated rings. The van der Waals surface area contributed by atoms with Gasteiger partial charge in [-0.05, 0) is 18.6 Å². The Bertz CT molecular complexity index is 1200. The van der Waals surface area contributed by atoms with Crippen molar-refractivity contribution in [1.29, 1.82) is 0 Å². The third kappa shape index (κ3) is 3.97. The molecular weight excluding hydrogens is 399 g/mol. The fourth-order valence-corrected chi connectivity index (χ4v) is 2.83. The van der Waals surface area contributed by atoms with Crippen molar-refractivity contribution in [2.24, 2.45) is 0 Å². The molecule has 3 aromatic heterocycles.